The van der Waals surface area contributed by atoms with Gasteiger partial charge in [-0.15, -0.1) is 0 Å². The molecule has 6 heteroatoms. The van der Waals surface area contributed by atoms with Crippen LogP contribution in [0.2, 0.25) is 0 Å². The van der Waals surface area contributed by atoms with Crippen LogP contribution in [-0.4, -0.2) is 42.6 Å². The smallest absolute Gasteiger partial charge is 0.303 e. The molecular weight excluding hydrogens is 469 g/mol. The number of hydrogen-bond acceptors (Lipinski definition) is 4. The van der Waals surface area contributed by atoms with Crippen molar-refractivity contribution in [3.8, 4) is 0 Å². The summed E-state index contributed by atoms with van der Waals surface area (Å²) < 4.78 is 22.3. The fourth-order valence-electron chi connectivity index (χ4n) is 4.64. The van der Waals surface area contributed by atoms with Crippen LogP contribution in [0.1, 0.15) is 162 Å². The molecule has 36 heavy (non-hydrogen) atoms. The largest absolute Gasteiger partial charge is 0.472 e. The van der Waals surface area contributed by atoms with Gasteiger partial charge in [-0.05, 0) is 51.7 Å². The van der Waals surface area contributed by atoms with E-state index in [2.05, 4.69) is 25.7 Å². The molecule has 218 valence electrons. The molecular formula is C30H64NO4P. The summed E-state index contributed by atoms with van der Waals surface area (Å²) in [4.78, 5) is 12.5. The molecule has 0 saturated carbocycles. The summed E-state index contributed by atoms with van der Waals surface area (Å²) in [7, 11) is -3.88. The van der Waals surface area contributed by atoms with Crippen molar-refractivity contribution in [3.63, 3.8) is 0 Å². The third kappa shape index (κ3) is 27.1. The fourth-order valence-corrected chi connectivity index (χ4v) is 5.43. The molecule has 0 rings (SSSR count). The first kappa shape index (κ1) is 36.1. The maximum atomic E-state index is 12.0. The predicted molar refractivity (Wildman–Crippen MR) is 157 cm³/mol. The monoisotopic (exact) mass is 533 g/mol. The van der Waals surface area contributed by atoms with E-state index in [4.69, 9.17) is 9.05 Å². The zero-order valence-electron chi connectivity index (χ0n) is 24.7. The molecule has 5 nitrogen and oxygen atoms in total. The lowest BCUT2D eigenvalue weighted by Gasteiger charge is -2.22. The summed E-state index contributed by atoms with van der Waals surface area (Å²) in [6.07, 6.45) is 27.3. The van der Waals surface area contributed by atoms with Gasteiger partial charge in [0.05, 0.1) is 13.2 Å². The Labute approximate surface area is 226 Å². The van der Waals surface area contributed by atoms with Crippen LogP contribution in [0.5, 0.6) is 0 Å². The van der Waals surface area contributed by atoms with Gasteiger partial charge in [-0.1, -0.05) is 130 Å². The van der Waals surface area contributed by atoms with E-state index in [0.717, 1.165) is 32.1 Å². The van der Waals surface area contributed by atoms with Gasteiger partial charge in [0.15, 0.2) is 0 Å². The highest BCUT2D eigenvalue weighted by atomic mass is 31.2. The lowest BCUT2D eigenvalue weighted by atomic mass is 10.1. The Bertz CT molecular complexity index is 462. The van der Waals surface area contributed by atoms with Crippen molar-refractivity contribution < 1.29 is 18.5 Å². The van der Waals surface area contributed by atoms with E-state index < -0.39 is 7.82 Å². The first-order valence-corrected chi connectivity index (χ1v) is 17.4. The van der Waals surface area contributed by atoms with E-state index in [1.807, 2.05) is 0 Å². The molecule has 0 amide bonds. The summed E-state index contributed by atoms with van der Waals surface area (Å²) in [5.74, 6) is 0. The van der Waals surface area contributed by atoms with E-state index in [9.17, 15) is 9.46 Å². The van der Waals surface area contributed by atoms with Gasteiger partial charge < -0.3 is 9.79 Å². The van der Waals surface area contributed by atoms with Crippen molar-refractivity contribution in [3.05, 3.63) is 0 Å². The van der Waals surface area contributed by atoms with Crippen LogP contribution in [0.25, 0.3) is 0 Å². The zero-order chi connectivity index (χ0) is 26.6. The highest BCUT2D eigenvalue weighted by Gasteiger charge is 2.19. The molecule has 0 aliphatic heterocycles. The quantitative estimate of drug-likeness (QED) is 0.0735. The van der Waals surface area contributed by atoms with E-state index in [0.29, 0.717) is 13.2 Å². The van der Waals surface area contributed by atoms with Crippen molar-refractivity contribution >= 4 is 7.82 Å². The van der Waals surface area contributed by atoms with Gasteiger partial charge in [-0.2, -0.15) is 0 Å². The van der Waals surface area contributed by atoms with Gasteiger partial charge in [0.2, 0.25) is 0 Å². The standard InChI is InChI=1S/C30H64NO4P/c1-4-7-10-13-16-21-26-31(27-22-17-14-11-8-5-2)28-23-18-20-25-30-35-36(32,33)34-29-24-19-15-12-9-6-3/h4-30H2,1-3H3,(H,32,33). The first-order valence-electron chi connectivity index (χ1n) is 15.9. The third-order valence-corrected chi connectivity index (χ3v) is 8.05. The number of unbranched alkanes of at least 4 members (excludes halogenated alkanes) is 18. The molecule has 0 fully saturated rings. The number of phosphoric acid groups is 1. The van der Waals surface area contributed by atoms with Crippen LogP contribution in [0, 0.1) is 0 Å². The van der Waals surface area contributed by atoms with E-state index in [1.54, 1.807) is 0 Å². The van der Waals surface area contributed by atoms with E-state index in [1.165, 1.54) is 129 Å². The van der Waals surface area contributed by atoms with Crippen molar-refractivity contribution in [2.75, 3.05) is 32.8 Å². The minimum atomic E-state index is -3.88. The molecule has 1 atom stereocenters. The van der Waals surface area contributed by atoms with Crippen LogP contribution in [0.3, 0.4) is 0 Å². The summed E-state index contributed by atoms with van der Waals surface area (Å²) >= 11 is 0. The maximum absolute atomic E-state index is 12.0. The summed E-state index contributed by atoms with van der Waals surface area (Å²) in [6, 6.07) is 0. The van der Waals surface area contributed by atoms with Gasteiger partial charge in [0.1, 0.15) is 0 Å². The molecule has 0 aliphatic carbocycles. The van der Waals surface area contributed by atoms with Gasteiger partial charge >= 0.3 is 7.82 Å². The lowest BCUT2D eigenvalue weighted by molar-refractivity contribution is 0.145. The van der Waals surface area contributed by atoms with Crippen LogP contribution < -0.4 is 0 Å². The lowest BCUT2D eigenvalue weighted by Crippen LogP contribution is -2.27. The SMILES string of the molecule is CCCCCCCCOP(=O)(O)OCCCCCCN(CCCCCCCC)CCCCCCCC. The molecule has 0 aliphatic rings. The minimum Gasteiger partial charge on any atom is -0.303 e. The van der Waals surface area contributed by atoms with Gasteiger partial charge in [0, 0.05) is 0 Å². The Hall–Kier alpha value is 0.0700. The molecule has 0 saturated heterocycles. The van der Waals surface area contributed by atoms with Crippen molar-refractivity contribution in [2.24, 2.45) is 0 Å². The molecule has 0 spiro atoms. The number of hydrogen-bond donors (Lipinski definition) is 1. The fraction of sp³-hybridized carbons (Fsp3) is 1.00. The van der Waals surface area contributed by atoms with E-state index >= 15 is 0 Å². The second kappa shape index (κ2) is 28.1. The Morgan fingerprint density at radius 2 is 0.750 bits per heavy atom. The van der Waals surface area contributed by atoms with Crippen molar-refractivity contribution in [1.82, 2.24) is 4.90 Å². The predicted octanol–water partition coefficient (Wildman–Crippen LogP) is 10.1. The maximum Gasteiger partial charge on any atom is 0.472 e. The van der Waals surface area contributed by atoms with Crippen LogP contribution in [0.15, 0.2) is 0 Å². The Kier molecular flexibility index (Phi) is 28.1. The van der Waals surface area contributed by atoms with Gasteiger partial charge in [0.25, 0.3) is 0 Å². The van der Waals surface area contributed by atoms with Crippen molar-refractivity contribution in [2.45, 2.75) is 162 Å². The molecule has 0 aromatic heterocycles. The highest BCUT2D eigenvalue weighted by Crippen LogP contribution is 2.43. The molecule has 0 bridgehead atoms. The Morgan fingerprint density at radius 1 is 0.472 bits per heavy atom. The van der Waals surface area contributed by atoms with Gasteiger partial charge in [-0.25, -0.2) is 4.57 Å². The minimum absolute atomic E-state index is 0.309. The highest BCUT2D eigenvalue weighted by molar-refractivity contribution is 7.47. The topological polar surface area (TPSA) is 59.0 Å². The zero-order valence-corrected chi connectivity index (χ0v) is 25.6. The summed E-state index contributed by atoms with van der Waals surface area (Å²) in [5, 5.41) is 0. The molecule has 0 heterocycles. The average Bonchev–Trinajstić information content (AvgIpc) is 2.86. The summed E-state index contributed by atoms with van der Waals surface area (Å²) in [6.45, 7) is 11.1. The number of nitrogens with zero attached hydrogens (tertiary/aromatic N) is 1. The molecule has 0 radical (unpaired) electrons. The summed E-state index contributed by atoms with van der Waals surface area (Å²) in [5.41, 5.74) is 0. The average molecular weight is 534 g/mol. The van der Waals surface area contributed by atoms with Crippen LogP contribution in [0.4, 0.5) is 0 Å². The Balaban J connectivity index is 3.90. The number of rotatable bonds is 30. The van der Waals surface area contributed by atoms with Crippen molar-refractivity contribution in [1.29, 1.82) is 0 Å². The third-order valence-electron chi connectivity index (χ3n) is 7.03. The first-order chi connectivity index (χ1) is 17.6. The van der Waals surface area contributed by atoms with Crippen LogP contribution in [-0.2, 0) is 13.6 Å². The van der Waals surface area contributed by atoms with Gasteiger partial charge in [-0.3, -0.25) is 9.05 Å². The molecule has 1 N–H and O–H groups in total. The second-order valence-electron chi connectivity index (χ2n) is 10.7. The molecule has 0 aromatic rings. The van der Waals surface area contributed by atoms with Crippen LogP contribution >= 0.6 is 7.82 Å². The van der Waals surface area contributed by atoms with E-state index in [-0.39, 0.29) is 0 Å². The second-order valence-corrected chi connectivity index (χ2v) is 12.1. The molecule has 1 unspecified atom stereocenters. The normalized spacial score (nSPS) is 13.5. The molecule has 0 aromatic carbocycles. The Morgan fingerprint density at radius 3 is 1.08 bits per heavy atom. The number of phosphoric ester groups is 1.